The molecule has 0 spiro atoms. The van der Waals surface area contributed by atoms with E-state index in [2.05, 4.69) is 26.1 Å². The van der Waals surface area contributed by atoms with E-state index in [1.807, 2.05) is 6.92 Å². The van der Waals surface area contributed by atoms with Gasteiger partial charge in [-0.15, -0.1) is 0 Å². The van der Waals surface area contributed by atoms with E-state index in [0.717, 1.165) is 12.1 Å². The van der Waals surface area contributed by atoms with Crippen molar-refractivity contribution in [2.75, 3.05) is 13.2 Å². The first kappa shape index (κ1) is 16.4. The summed E-state index contributed by atoms with van der Waals surface area (Å²) in [4.78, 5) is 10.6. The molecule has 1 N–H and O–H groups in total. The maximum Gasteiger partial charge on any atom is 0.276 e. The van der Waals surface area contributed by atoms with Crippen molar-refractivity contribution in [2.45, 2.75) is 40.7 Å². The molecule has 0 saturated carbocycles. The van der Waals surface area contributed by atoms with Crippen molar-refractivity contribution in [1.82, 2.24) is 5.32 Å². The molecule has 1 aromatic rings. The maximum absolute atomic E-state index is 10.9. The Balaban J connectivity index is 2.68. The number of ether oxygens (including phenoxy) is 1. The molecule has 112 valence electrons. The Kier molecular flexibility index (Phi) is 5.95. The van der Waals surface area contributed by atoms with Gasteiger partial charge in [0.25, 0.3) is 5.69 Å². The van der Waals surface area contributed by atoms with E-state index in [9.17, 15) is 10.1 Å². The molecular weight excluding hydrogens is 256 g/mol. The third kappa shape index (κ3) is 4.81. The van der Waals surface area contributed by atoms with E-state index in [1.54, 1.807) is 13.0 Å². The lowest BCUT2D eigenvalue weighted by Crippen LogP contribution is -2.30. The minimum Gasteiger partial charge on any atom is -0.493 e. The molecule has 0 aromatic heterocycles. The van der Waals surface area contributed by atoms with Crippen LogP contribution in [0.5, 0.6) is 5.75 Å². The van der Waals surface area contributed by atoms with Gasteiger partial charge in [-0.1, -0.05) is 20.8 Å². The third-order valence-corrected chi connectivity index (χ3v) is 3.09. The topological polar surface area (TPSA) is 64.4 Å². The van der Waals surface area contributed by atoms with Crippen LogP contribution in [0, 0.1) is 29.9 Å². The number of nitro groups is 1. The lowest BCUT2D eigenvalue weighted by Gasteiger charge is -2.17. The average Bonchev–Trinajstić information content (AvgIpc) is 2.34. The Hall–Kier alpha value is -1.62. The fourth-order valence-corrected chi connectivity index (χ4v) is 1.90. The molecule has 1 atom stereocenters. The van der Waals surface area contributed by atoms with E-state index in [1.165, 1.54) is 6.07 Å². The van der Waals surface area contributed by atoms with Gasteiger partial charge in [0.15, 0.2) is 0 Å². The molecule has 5 nitrogen and oxygen atoms in total. The largest absolute Gasteiger partial charge is 0.493 e. The SMILES string of the molecule is Cc1cc(C)c([N+](=O)[O-])cc1OCC(C)CNC(C)C. The lowest BCUT2D eigenvalue weighted by atomic mass is 10.1. The number of aryl methyl sites for hydroxylation is 2. The summed E-state index contributed by atoms with van der Waals surface area (Å²) >= 11 is 0. The summed E-state index contributed by atoms with van der Waals surface area (Å²) < 4.78 is 5.73. The van der Waals surface area contributed by atoms with Crippen LogP contribution in [0.25, 0.3) is 0 Å². The van der Waals surface area contributed by atoms with E-state index in [4.69, 9.17) is 4.74 Å². The molecule has 0 heterocycles. The Labute approximate surface area is 120 Å². The van der Waals surface area contributed by atoms with Gasteiger partial charge in [0.05, 0.1) is 17.6 Å². The molecule has 1 unspecified atom stereocenters. The summed E-state index contributed by atoms with van der Waals surface area (Å²) in [6.45, 7) is 11.3. The zero-order valence-electron chi connectivity index (χ0n) is 12.9. The second-order valence-electron chi connectivity index (χ2n) is 5.64. The monoisotopic (exact) mass is 280 g/mol. The second-order valence-corrected chi connectivity index (χ2v) is 5.64. The first-order valence-electron chi connectivity index (χ1n) is 6.93. The highest BCUT2D eigenvalue weighted by atomic mass is 16.6. The lowest BCUT2D eigenvalue weighted by molar-refractivity contribution is -0.385. The number of nitro benzene ring substituents is 1. The number of nitrogens with one attached hydrogen (secondary N) is 1. The normalized spacial score (nSPS) is 12.5. The molecule has 0 fully saturated rings. The summed E-state index contributed by atoms with van der Waals surface area (Å²) in [7, 11) is 0. The quantitative estimate of drug-likeness (QED) is 0.615. The Bertz CT molecular complexity index is 472. The van der Waals surface area contributed by atoms with Gasteiger partial charge in [-0.05, 0) is 25.5 Å². The predicted molar refractivity (Wildman–Crippen MR) is 80.4 cm³/mol. The van der Waals surface area contributed by atoms with Gasteiger partial charge >= 0.3 is 0 Å². The molecule has 0 aliphatic carbocycles. The standard InChI is InChI=1S/C15H24N2O3/c1-10(2)16-8-11(3)9-20-15-7-14(17(18)19)12(4)6-13(15)5/h6-7,10-11,16H,8-9H2,1-5H3. The highest BCUT2D eigenvalue weighted by molar-refractivity contribution is 5.49. The minimum atomic E-state index is -0.370. The molecule has 0 aliphatic heterocycles. The van der Waals surface area contributed by atoms with Crippen LogP contribution < -0.4 is 10.1 Å². The summed E-state index contributed by atoms with van der Waals surface area (Å²) in [6.07, 6.45) is 0. The average molecular weight is 280 g/mol. The van der Waals surface area contributed by atoms with Crippen LogP contribution in [-0.4, -0.2) is 24.1 Å². The van der Waals surface area contributed by atoms with E-state index >= 15 is 0 Å². The van der Waals surface area contributed by atoms with E-state index < -0.39 is 0 Å². The minimum absolute atomic E-state index is 0.110. The van der Waals surface area contributed by atoms with Gasteiger partial charge in [0.2, 0.25) is 0 Å². The van der Waals surface area contributed by atoms with Crippen LogP contribution >= 0.6 is 0 Å². The summed E-state index contributed by atoms with van der Waals surface area (Å²) in [5.74, 6) is 0.941. The maximum atomic E-state index is 10.9. The van der Waals surface area contributed by atoms with Crippen LogP contribution in [0.3, 0.4) is 0 Å². The summed E-state index contributed by atoms with van der Waals surface area (Å²) in [5.41, 5.74) is 1.70. The molecule has 20 heavy (non-hydrogen) atoms. The molecule has 5 heteroatoms. The predicted octanol–water partition coefficient (Wildman–Crippen LogP) is 3.22. The molecule has 0 radical (unpaired) electrons. The first-order valence-corrected chi connectivity index (χ1v) is 6.93. The highest BCUT2D eigenvalue weighted by Gasteiger charge is 2.15. The van der Waals surface area contributed by atoms with Crippen LogP contribution in [0.1, 0.15) is 31.9 Å². The van der Waals surface area contributed by atoms with Gasteiger partial charge in [-0.25, -0.2) is 0 Å². The van der Waals surface area contributed by atoms with E-state index in [0.29, 0.717) is 29.9 Å². The zero-order valence-corrected chi connectivity index (χ0v) is 12.9. The second kappa shape index (κ2) is 7.24. The number of hydrogen-bond donors (Lipinski definition) is 1. The number of benzene rings is 1. The van der Waals surface area contributed by atoms with Crippen molar-refractivity contribution in [2.24, 2.45) is 5.92 Å². The summed E-state index contributed by atoms with van der Waals surface area (Å²) in [5, 5.41) is 14.3. The molecule has 0 aliphatic rings. The van der Waals surface area contributed by atoms with Crippen LogP contribution in [0.2, 0.25) is 0 Å². The third-order valence-electron chi connectivity index (χ3n) is 3.09. The van der Waals surface area contributed by atoms with Crippen molar-refractivity contribution in [3.05, 3.63) is 33.4 Å². The van der Waals surface area contributed by atoms with Crippen molar-refractivity contribution in [3.63, 3.8) is 0 Å². The summed E-state index contributed by atoms with van der Waals surface area (Å²) in [6, 6.07) is 3.76. The Morgan fingerprint density at radius 3 is 2.45 bits per heavy atom. The van der Waals surface area contributed by atoms with Gasteiger partial charge in [-0.2, -0.15) is 0 Å². The van der Waals surface area contributed by atoms with Crippen molar-refractivity contribution < 1.29 is 9.66 Å². The van der Waals surface area contributed by atoms with Crippen LogP contribution in [0.15, 0.2) is 12.1 Å². The highest BCUT2D eigenvalue weighted by Crippen LogP contribution is 2.28. The smallest absolute Gasteiger partial charge is 0.276 e. The molecule has 0 saturated heterocycles. The van der Waals surface area contributed by atoms with E-state index in [-0.39, 0.29) is 10.6 Å². The van der Waals surface area contributed by atoms with Crippen molar-refractivity contribution in [3.8, 4) is 5.75 Å². The Morgan fingerprint density at radius 1 is 1.25 bits per heavy atom. The Morgan fingerprint density at radius 2 is 1.90 bits per heavy atom. The molecule has 1 rings (SSSR count). The first-order chi connectivity index (χ1) is 9.31. The van der Waals surface area contributed by atoms with Gasteiger partial charge < -0.3 is 10.1 Å². The molecule has 0 amide bonds. The fourth-order valence-electron chi connectivity index (χ4n) is 1.90. The van der Waals surface area contributed by atoms with Crippen LogP contribution in [0.4, 0.5) is 5.69 Å². The molecular formula is C15H24N2O3. The van der Waals surface area contributed by atoms with Gasteiger partial charge in [-0.3, -0.25) is 10.1 Å². The van der Waals surface area contributed by atoms with Crippen molar-refractivity contribution >= 4 is 5.69 Å². The number of nitrogens with zero attached hydrogens (tertiary/aromatic N) is 1. The number of rotatable bonds is 7. The van der Waals surface area contributed by atoms with Crippen molar-refractivity contribution in [1.29, 1.82) is 0 Å². The fraction of sp³-hybridized carbons (Fsp3) is 0.600. The number of hydrogen-bond acceptors (Lipinski definition) is 4. The van der Waals surface area contributed by atoms with Crippen LogP contribution in [-0.2, 0) is 0 Å². The van der Waals surface area contributed by atoms with Gasteiger partial charge in [0, 0.05) is 24.1 Å². The zero-order chi connectivity index (χ0) is 15.3. The van der Waals surface area contributed by atoms with Gasteiger partial charge in [0.1, 0.15) is 5.75 Å². The molecule has 0 bridgehead atoms. The molecule has 1 aromatic carbocycles.